The topological polar surface area (TPSA) is 65.4 Å². The van der Waals surface area contributed by atoms with Gasteiger partial charge in [-0.1, -0.05) is 13.0 Å². The molecule has 1 N–H and O–H groups in total. The van der Waals surface area contributed by atoms with E-state index in [1.807, 2.05) is 26.0 Å². The molecule has 1 aliphatic carbocycles. The van der Waals surface area contributed by atoms with Gasteiger partial charge >= 0.3 is 6.18 Å². The van der Waals surface area contributed by atoms with Gasteiger partial charge in [0.2, 0.25) is 5.91 Å². The molecule has 0 saturated heterocycles. The first-order chi connectivity index (χ1) is 14.7. The van der Waals surface area contributed by atoms with Crippen molar-refractivity contribution in [3.05, 3.63) is 41.2 Å². The molecule has 170 valence electrons. The van der Waals surface area contributed by atoms with Crippen LogP contribution in [0.4, 0.5) is 13.2 Å². The Morgan fingerprint density at radius 2 is 1.87 bits per heavy atom. The molecule has 1 atom stereocenters. The third kappa shape index (κ3) is 5.92. The highest BCUT2D eigenvalue weighted by molar-refractivity contribution is 5.78. The molecule has 2 aromatic rings. The van der Waals surface area contributed by atoms with E-state index in [1.54, 1.807) is 13.0 Å². The summed E-state index contributed by atoms with van der Waals surface area (Å²) in [7, 11) is 0. The van der Waals surface area contributed by atoms with Crippen LogP contribution >= 0.6 is 0 Å². The van der Waals surface area contributed by atoms with Crippen molar-refractivity contribution >= 4 is 5.91 Å². The largest absolute Gasteiger partial charge is 0.490 e. The number of halogens is 3. The van der Waals surface area contributed by atoms with E-state index in [-0.39, 0.29) is 24.9 Å². The molecule has 1 unspecified atom stereocenters. The number of nitrogens with zero attached hydrogens (tertiary/aromatic N) is 2. The molecule has 0 radical (unpaired) electrons. The highest BCUT2D eigenvalue weighted by Gasteiger charge is 2.38. The minimum absolute atomic E-state index is 0.0969. The SMILES string of the molecule is CCOc1ccc(CNC(=O)C(C)Cn2nc(C(F)(F)F)cc2C2CC2)cc1OCC. The highest BCUT2D eigenvalue weighted by atomic mass is 19.4. The predicted octanol–water partition coefficient (Wildman–Crippen LogP) is 4.53. The Morgan fingerprint density at radius 1 is 1.19 bits per heavy atom. The standard InChI is InChI=1S/C22H28F3N3O3/c1-4-30-18-9-6-15(10-19(18)31-5-2)12-26-21(29)14(3)13-28-17(16-7-8-16)11-20(27-28)22(23,24)25/h6,9-11,14,16H,4-5,7-8,12-13H2,1-3H3,(H,26,29). The van der Waals surface area contributed by atoms with Crippen LogP contribution in [0, 0.1) is 5.92 Å². The van der Waals surface area contributed by atoms with E-state index in [0.29, 0.717) is 30.4 Å². The molecule has 6 nitrogen and oxygen atoms in total. The second kappa shape index (κ2) is 9.62. The van der Waals surface area contributed by atoms with E-state index in [1.165, 1.54) is 4.68 Å². The van der Waals surface area contributed by atoms with E-state index in [2.05, 4.69) is 10.4 Å². The van der Waals surface area contributed by atoms with Crippen molar-refractivity contribution in [2.45, 2.75) is 58.8 Å². The van der Waals surface area contributed by atoms with Crippen molar-refractivity contribution in [1.29, 1.82) is 0 Å². The van der Waals surface area contributed by atoms with Crippen LogP contribution in [-0.2, 0) is 24.1 Å². The van der Waals surface area contributed by atoms with Crippen molar-refractivity contribution in [3.8, 4) is 11.5 Å². The summed E-state index contributed by atoms with van der Waals surface area (Å²) in [6, 6.07) is 6.56. The third-order valence-corrected chi connectivity index (χ3v) is 5.07. The van der Waals surface area contributed by atoms with E-state index in [9.17, 15) is 18.0 Å². The lowest BCUT2D eigenvalue weighted by molar-refractivity contribution is -0.141. The zero-order chi connectivity index (χ0) is 22.6. The van der Waals surface area contributed by atoms with Gasteiger partial charge in [0, 0.05) is 18.2 Å². The predicted molar refractivity (Wildman–Crippen MR) is 109 cm³/mol. The van der Waals surface area contributed by atoms with Gasteiger partial charge in [0.1, 0.15) is 0 Å². The minimum Gasteiger partial charge on any atom is -0.490 e. The first kappa shape index (κ1) is 23.0. The first-order valence-electron chi connectivity index (χ1n) is 10.5. The van der Waals surface area contributed by atoms with Gasteiger partial charge in [-0.15, -0.1) is 0 Å². The van der Waals surface area contributed by atoms with E-state index in [4.69, 9.17) is 9.47 Å². The molecule has 0 spiro atoms. The Kier molecular flexibility index (Phi) is 7.12. The molecule has 1 aromatic heterocycles. The number of benzene rings is 1. The molecule has 1 aliphatic rings. The van der Waals surface area contributed by atoms with Crippen LogP contribution in [0.2, 0.25) is 0 Å². The summed E-state index contributed by atoms with van der Waals surface area (Å²) in [4.78, 5) is 12.6. The average molecular weight is 439 g/mol. The number of carbonyl (C=O) groups is 1. The van der Waals surface area contributed by atoms with Crippen LogP contribution in [0.1, 0.15) is 56.5 Å². The van der Waals surface area contributed by atoms with Gasteiger partial charge in [-0.05, 0) is 50.5 Å². The lowest BCUT2D eigenvalue weighted by Gasteiger charge is -2.16. The van der Waals surface area contributed by atoms with Gasteiger partial charge < -0.3 is 14.8 Å². The van der Waals surface area contributed by atoms with Crippen molar-refractivity contribution in [3.63, 3.8) is 0 Å². The van der Waals surface area contributed by atoms with Crippen LogP contribution in [0.15, 0.2) is 24.3 Å². The molecule has 0 bridgehead atoms. The number of ether oxygens (including phenoxy) is 2. The van der Waals surface area contributed by atoms with Crippen LogP contribution in [0.5, 0.6) is 11.5 Å². The fraction of sp³-hybridized carbons (Fsp3) is 0.545. The normalized spacial score (nSPS) is 14.9. The second-order valence-corrected chi connectivity index (χ2v) is 7.67. The number of alkyl halides is 3. The van der Waals surface area contributed by atoms with Crippen molar-refractivity contribution in [2.24, 2.45) is 5.92 Å². The summed E-state index contributed by atoms with van der Waals surface area (Å²) in [5, 5.41) is 6.57. The number of hydrogen-bond donors (Lipinski definition) is 1. The summed E-state index contributed by atoms with van der Waals surface area (Å²) in [5.41, 5.74) is 0.490. The molecule has 1 saturated carbocycles. The second-order valence-electron chi connectivity index (χ2n) is 7.67. The van der Waals surface area contributed by atoms with E-state index < -0.39 is 17.8 Å². The summed E-state index contributed by atoms with van der Waals surface area (Å²) >= 11 is 0. The number of aromatic nitrogens is 2. The molecule has 1 fully saturated rings. The molecular formula is C22H28F3N3O3. The number of amides is 1. The van der Waals surface area contributed by atoms with Gasteiger partial charge in [0.15, 0.2) is 17.2 Å². The molecular weight excluding hydrogens is 411 g/mol. The average Bonchev–Trinajstić information content (AvgIpc) is 3.47. The van der Waals surface area contributed by atoms with Crippen LogP contribution in [0.3, 0.4) is 0 Å². The third-order valence-electron chi connectivity index (χ3n) is 5.07. The smallest absolute Gasteiger partial charge is 0.435 e. The lowest BCUT2D eigenvalue weighted by Crippen LogP contribution is -2.31. The Morgan fingerprint density at radius 3 is 2.48 bits per heavy atom. The quantitative estimate of drug-likeness (QED) is 0.591. The van der Waals surface area contributed by atoms with Crippen molar-refractivity contribution in [1.82, 2.24) is 15.1 Å². The maximum Gasteiger partial charge on any atom is 0.435 e. The van der Waals surface area contributed by atoms with E-state index >= 15 is 0 Å². The van der Waals surface area contributed by atoms with Crippen molar-refractivity contribution < 1.29 is 27.4 Å². The van der Waals surface area contributed by atoms with E-state index in [0.717, 1.165) is 24.5 Å². The maximum atomic E-state index is 13.1. The van der Waals surface area contributed by atoms with Gasteiger partial charge in [-0.3, -0.25) is 9.48 Å². The summed E-state index contributed by atoms with van der Waals surface area (Å²) in [5.74, 6) is 0.555. The van der Waals surface area contributed by atoms with Crippen molar-refractivity contribution in [2.75, 3.05) is 13.2 Å². The van der Waals surface area contributed by atoms with Crippen LogP contribution < -0.4 is 14.8 Å². The van der Waals surface area contributed by atoms with Gasteiger partial charge in [0.05, 0.1) is 25.7 Å². The van der Waals surface area contributed by atoms with Gasteiger partial charge in [0.25, 0.3) is 0 Å². The zero-order valence-electron chi connectivity index (χ0n) is 18.0. The minimum atomic E-state index is -4.49. The fourth-order valence-electron chi connectivity index (χ4n) is 3.33. The number of carbonyl (C=O) groups excluding carboxylic acids is 1. The van der Waals surface area contributed by atoms with Crippen LogP contribution in [0.25, 0.3) is 0 Å². The molecule has 1 amide bonds. The number of hydrogen-bond acceptors (Lipinski definition) is 4. The monoisotopic (exact) mass is 439 g/mol. The maximum absolute atomic E-state index is 13.1. The molecule has 0 aliphatic heterocycles. The van der Waals surface area contributed by atoms with Gasteiger partial charge in [-0.2, -0.15) is 18.3 Å². The molecule has 31 heavy (non-hydrogen) atoms. The van der Waals surface area contributed by atoms with Gasteiger partial charge in [-0.25, -0.2) is 0 Å². The Hall–Kier alpha value is -2.71. The molecule has 1 heterocycles. The Labute approximate surface area is 179 Å². The highest BCUT2D eigenvalue weighted by Crippen LogP contribution is 2.42. The summed E-state index contributed by atoms with van der Waals surface area (Å²) in [6.45, 7) is 6.82. The molecule has 9 heteroatoms. The van der Waals surface area contributed by atoms with Crippen LogP contribution in [-0.4, -0.2) is 28.9 Å². The molecule has 1 aromatic carbocycles. The lowest BCUT2D eigenvalue weighted by atomic mass is 10.1. The molecule has 3 rings (SSSR count). The Bertz CT molecular complexity index is 907. The first-order valence-corrected chi connectivity index (χ1v) is 10.5. The summed E-state index contributed by atoms with van der Waals surface area (Å²) < 4.78 is 51.6. The summed E-state index contributed by atoms with van der Waals surface area (Å²) in [6.07, 6.45) is -2.79. The number of rotatable bonds is 10. The fourth-order valence-corrected chi connectivity index (χ4v) is 3.33. The Balaban J connectivity index is 1.63. The number of nitrogens with one attached hydrogen (secondary N) is 1. The zero-order valence-corrected chi connectivity index (χ0v) is 18.0.